The lowest BCUT2D eigenvalue weighted by molar-refractivity contribution is -0.0265. The maximum Gasteiger partial charge on any atom is 0.119 e. The minimum absolute atomic E-state index is 0.432. The fourth-order valence-corrected chi connectivity index (χ4v) is 8.31. The molecule has 0 saturated heterocycles. The van der Waals surface area contributed by atoms with E-state index in [-0.39, 0.29) is 0 Å². The highest BCUT2D eigenvalue weighted by atomic mass is 31.1. The lowest BCUT2D eigenvalue weighted by atomic mass is 10.0. The van der Waals surface area contributed by atoms with Crippen LogP contribution in [0.1, 0.15) is 57.4 Å². The van der Waals surface area contributed by atoms with Crippen LogP contribution in [0.15, 0.2) is 84.9 Å². The molecule has 3 aromatic carbocycles. The second-order valence-electron chi connectivity index (χ2n) is 14.3. The zero-order valence-corrected chi connectivity index (χ0v) is 38.1. The van der Waals surface area contributed by atoms with Crippen LogP contribution in [0.5, 0.6) is 5.75 Å². The SMILES string of the molecule is CCCCCCCCCc1ccc(OCCOCCOCCOCCOCCOCCOCCOCCOCCOCCOCCP(c2ccccc2)c2ccccc2)cc1. The zero-order valence-electron chi connectivity index (χ0n) is 37.2. The summed E-state index contributed by atoms with van der Waals surface area (Å²) in [5.41, 5.74) is 1.38. The molecule has 12 heteroatoms. The molecule has 11 nitrogen and oxygen atoms in total. The van der Waals surface area contributed by atoms with E-state index in [2.05, 4.69) is 91.9 Å². The summed E-state index contributed by atoms with van der Waals surface area (Å²) in [6, 6.07) is 29.9. The number of benzene rings is 3. The molecule has 61 heavy (non-hydrogen) atoms. The Kier molecular flexibility index (Phi) is 34.9. The molecule has 0 aliphatic rings. The summed E-state index contributed by atoms with van der Waals surface area (Å²) in [7, 11) is -0.432. The second kappa shape index (κ2) is 40.3. The van der Waals surface area contributed by atoms with Crippen molar-refractivity contribution < 1.29 is 52.1 Å². The predicted molar refractivity (Wildman–Crippen MR) is 246 cm³/mol. The maximum absolute atomic E-state index is 5.88. The minimum atomic E-state index is -0.432. The molecule has 0 N–H and O–H groups in total. The number of unbranched alkanes of at least 4 members (excludes halogenated alkanes) is 6. The first-order valence-corrected chi connectivity index (χ1v) is 24.3. The van der Waals surface area contributed by atoms with Crippen LogP contribution in [0.3, 0.4) is 0 Å². The van der Waals surface area contributed by atoms with E-state index in [1.807, 2.05) is 0 Å². The Morgan fingerprint density at radius 3 is 1.03 bits per heavy atom. The third-order valence-corrected chi connectivity index (χ3v) is 11.9. The van der Waals surface area contributed by atoms with Crippen molar-refractivity contribution in [1.82, 2.24) is 0 Å². The highest BCUT2D eigenvalue weighted by Crippen LogP contribution is 2.32. The van der Waals surface area contributed by atoms with Crippen LogP contribution >= 0.6 is 7.92 Å². The smallest absolute Gasteiger partial charge is 0.119 e. The van der Waals surface area contributed by atoms with Gasteiger partial charge in [0.2, 0.25) is 0 Å². The Hall–Kier alpha value is -2.51. The maximum atomic E-state index is 5.88. The van der Waals surface area contributed by atoms with Crippen LogP contribution in [-0.4, -0.2) is 145 Å². The molecule has 0 aliphatic carbocycles. The summed E-state index contributed by atoms with van der Waals surface area (Å²) in [4.78, 5) is 0. The van der Waals surface area contributed by atoms with Gasteiger partial charge in [0, 0.05) is 0 Å². The van der Waals surface area contributed by atoms with Gasteiger partial charge >= 0.3 is 0 Å². The summed E-state index contributed by atoms with van der Waals surface area (Å²) < 4.78 is 61.8. The van der Waals surface area contributed by atoms with E-state index >= 15 is 0 Å². The molecule has 0 aromatic heterocycles. The first-order valence-electron chi connectivity index (χ1n) is 22.7. The largest absolute Gasteiger partial charge is 0.491 e. The lowest BCUT2D eigenvalue weighted by Crippen LogP contribution is -2.17. The molecule has 0 fully saturated rings. The molecule has 0 radical (unpaired) electrons. The Bertz CT molecular complexity index is 1300. The minimum Gasteiger partial charge on any atom is -0.491 e. The van der Waals surface area contributed by atoms with Gasteiger partial charge in [-0.05, 0) is 55.2 Å². The first kappa shape index (κ1) is 52.8. The molecule has 0 spiro atoms. The van der Waals surface area contributed by atoms with Crippen molar-refractivity contribution in [2.75, 3.05) is 145 Å². The molecular formula is C49H77O11P. The van der Waals surface area contributed by atoms with E-state index in [0.717, 1.165) is 18.3 Å². The molecule has 3 rings (SSSR count). The zero-order chi connectivity index (χ0) is 42.8. The van der Waals surface area contributed by atoms with Gasteiger partial charge in [0.1, 0.15) is 12.4 Å². The summed E-state index contributed by atoms with van der Waals surface area (Å²) in [5.74, 6) is 0.887. The van der Waals surface area contributed by atoms with E-state index in [9.17, 15) is 0 Å². The quantitative estimate of drug-likeness (QED) is 0.0414. The summed E-state index contributed by atoms with van der Waals surface area (Å²) in [6.07, 6.45) is 11.5. The van der Waals surface area contributed by atoms with Crippen LogP contribution in [0.2, 0.25) is 0 Å². The molecule has 0 heterocycles. The van der Waals surface area contributed by atoms with Crippen molar-refractivity contribution in [3.63, 3.8) is 0 Å². The molecule has 0 amide bonds. The van der Waals surface area contributed by atoms with Crippen molar-refractivity contribution in [2.24, 2.45) is 0 Å². The third kappa shape index (κ3) is 30.3. The molecular weight excluding hydrogens is 796 g/mol. The van der Waals surface area contributed by atoms with Gasteiger partial charge in [-0.15, -0.1) is 0 Å². The van der Waals surface area contributed by atoms with Crippen LogP contribution in [0, 0.1) is 0 Å². The molecule has 0 unspecified atom stereocenters. The lowest BCUT2D eigenvalue weighted by Gasteiger charge is -2.18. The van der Waals surface area contributed by atoms with Crippen molar-refractivity contribution in [1.29, 1.82) is 0 Å². The first-order chi connectivity index (χ1) is 30.4. The molecule has 0 atom stereocenters. The number of hydrogen-bond donors (Lipinski definition) is 0. The molecule has 0 saturated carbocycles. The standard InChI is InChI=1S/C49H77O11P/c1-2-3-4-5-6-7-10-15-46-20-22-47(23-21-46)60-43-42-58-39-38-56-35-34-54-31-30-52-27-26-50-24-25-51-28-29-53-32-33-55-36-37-57-40-41-59-44-45-61(48-16-11-8-12-17-48)49-18-13-9-14-19-49/h8-9,11-14,16-23H,2-7,10,15,24-45H2,1H3. The normalized spacial score (nSPS) is 11.5. The summed E-state index contributed by atoms with van der Waals surface area (Å²) in [6.45, 7) is 13.5. The predicted octanol–water partition coefficient (Wildman–Crippen LogP) is 7.66. The van der Waals surface area contributed by atoms with Gasteiger partial charge in [0.05, 0.1) is 132 Å². The average molecular weight is 873 g/mol. The van der Waals surface area contributed by atoms with Crippen LogP contribution in [0.25, 0.3) is 0 Å². The number of hydrogen-bond acceptors (Lipinski definition) is 11. The Morgan fingerprint density at radius 2 is 0.656 bits per heavy atom. The highest BCUT2D eigenvalue weighted by Gasteiger charge is 2.13. The van der Waals surface area contributed by atoms with Crippen molar-refractivity contribution >= 4 is 18.5 Å². The van der Waals surface area contributed by atoms with Gasteiger partial charge in [0.25, 0.3) is 0 Å². The van der Waals surface area contributed by atoms with Crippen LogP contribution < -0.4 is 15.3 Å². The number of ether oxygens (including phenoxy) is 11. The third-order valence-electron chi connectivity index (χ3n) is 9.43. The Balaban J connectivity index is 0.938. The van der Waals surface area contributed by atoms with E-state index < -0.39 is 7.92 Å². The molecule has 0 bridgehead atoms. The Morgan fingerprint density at radius 1 is 0.328 bits per heavy atom. The summed E-state index contributed by atoms with van der Waals surface area (Å²) in [5, 5.41) is 2.75. The molecule has 3 aromatic rings. The van der Waals surface area contributed by atoms with Gasteiger partial charge in [-0.25, -0.2) is 0 Å². The van der Waals surface area contributed by atoms with Crippen LogP contribution in [0.4, 0.5) is 0 Å². The van der Waals surface area contributed by atoms with Gasteiger partial charge in [-0.3, -0.25) is 0 Å². The van der Waals surface area contributed by atoms with Crippen molar-refractivity contribution in [2.45, 2.75) is 58.3 Å². The van der Waals surface area contributed by atoms with E-state index in [1.165, 1.54) is 61.1 Å². The van der Waals surface area contributed by atoms with Crippen molar-refractivity contribution in [3.05, 3.63) is 90.5 Å². The van der Waals surface area contributed by atoms with Crippen LogP contribution in [-0.2, 0) is 53.8 Å². The fraction of sp³-hybridized carbons (Fsp3) is 0.633. The van der Waals surface area contributed by atoms with Gasteiger partial charge in [-0.1, -0.05) is 118 Å². The number of aryl methyl sites for hydroxylation is 1. The van der Waals surface area contributed by atoms with E-state index in [1.54, 1.807) is 0 Å². The van der Waals surface area contributed by atoms with Gasteiger partial charge < -0.3 is 52.1 Å². The monoisotopic (exact) mass is 873 g/mol. The topological polar surface area (TPSA) is 102 Å². The van der Waals surface area contributed by atoms with Crippen molar-refractivity contribution in [3.8, 4) is 5.75 Å². The fourth-order valence-electron chi connectivity index (χ4n) is 6.12. The molecule has 344 valence electrons. The second-order valence-corrected chi connectivity index (χ2v) is 16.6. The molecule has 0 aliphatic heterocycles. The van der Waals surface area contributed by atoms with E-state index in [0.29, 0.717) is 139 Å². The number of rotatable bonds is 44. The van der Waals surface area contributed by atoms with Gasteiger partial charge in [-0.2, -0.15) is 0 Å². The average Bonchev–Trinajstić information content (AvgIpc) is 3.30. The Labute approximate surface area is 369 Å². The van der Waals surface area contributed by atoms with E-state index in [4.69, 9.17) is 52.1 Å². The summed E-state index contributed by atoms with van der Waals surface area (Å²) >= 11 is 0. The van der Waals surface area contributed by atoms with Gasteiger partial charge in [0.15, 0.2) is 0 Å². The highest BCUT2D eigenvalue weighted by molar-refractivity contribution is 7.73.